The summed E-state index contributed by atoms with van der Waals surface area (Å²) >= 11 is 0. The van der Waals surface area contributed by atoms with Gasteiger partial charge >= 0.3 is 6.18 Å². The van der Waals surface area contributed by atoms with Gasteiger partial charge in [-0.2, -0.15) is 18.2 Å². The van der Waals surface area contributed by atoms with Gasteiger partial charge in [0.05, 0.1) is 5.69 Å². The molecule has 3 aromatic heterocycles. The van der Waals surface area contributed by atoms with E-state index >= 15 is 0 Å². The fourth-order valence-electron chi connectivity index (χ4n) is 5.21. The number of hydrogen-bond donors (Lipinski definition) is 2. The van der Waals surface area contributed by atoms with Gasteiger partial charge in [0.25, 0.3) is 5.56 Å². The summed E-state index contributed by atoms with van der Waals surface area (Å²) in [5, 5.41) is 6.50. The molecule has 4 aromatic rings. The number of aromatic nitrogens is 5. The molecule has 1 aliphatic carbocycles. The molecule has 1 aromatic carbocycles. The smallest absolute Gasteiger partial charge is 0.324 e. The molecule has 1 fully saturated rings. The van der Waals surface area contributed by atoms with Gasteiger partial charge < -0.3 is 10.6 Å². The van der Waals surface area contributed by atoms with Crippen LogP contribution in [0.1, 0.15) is 43.5 Å². The molecular weight excluding hydrogens is 514 g/mol. The van der Waals surface area contributed by atoms with Gasteiger partial charge in [-0.1, -0.05) is 26.0 Å². The Balaban J connectivity index is 1.45. The maximum Gasteiger partial charge on any atom is 0.408 e. The van der Waals surface area contributed by atoms with Crippen molar-refractivity contribution in [3.05, 3.63) is 69.8 Å². The second-order valence-electron chi connectivity index (χ2n) is 11.0. The van der Waals surface area contributed by atoms with E-state index in [0.29, 0.717) is 10.4 Å². The van der Waals surface area contributed by atoms with Crippen LogP contribution in [0.4, 0.5) is 29.2 Å². The molecule has 0 radical (unpaired) electrons. The van der Waals surface area contributed by atoms with Gasteiger partial charge in [0.15, 0.2) is 11.5 Å². The average Bonchev–Trinajstić information content (AvgIpc) is 3.62. The summed E-state index contributed by atoms with van der Waals surface area (Å²) in [6.07, 6.45) is -1.16. The zero-order valence-corrected chi connectivity index (χ0v) is 21.4. The Morgan fingerprint density at radius 1 is 1.13 bits per heavy atom. The number of benzene rings is 1. The van der Waals surface area contributed by atoms with Crippen molar-refractivity contribution in [1.29, 1.82) is 0 Å². The fraction of sp³-hybridized carbons (Fsp3) is 0.407. The summed E-state index contributed by atoms with van der Waals surface area (Å²) in [6, 6.07) is 10.7. The lowest BCUT2D eigenvalue weighted by atomic mass is 9.88. The third-order valence-corrected chi connectivity index (χ3v) is 7.55. The third-order valence-electron chi connectivity index (χ3n) is 7.55. The Labute approximate surface area is 221 Å². The number of hydrogen-bond acceptors (Lipinski definition) is 6. The minimum Gasteiger partial charge on any atom is -0.324 e. The molecule has 39 heavy (non-hydrogen) atoms. The second-order valence-corrected chi connectivity index (χ2v) is 11.0. The van der Waals surface area contributed by atoms with Gasteiger partial charge in [-0.3, -0.25) is 9.18 Å². The molecular formula is C27H27F4N7O. The number of halogens is 4. The first-order chi connectivity index (χ1) is 18.5. The first-order valence-corrected chi connectivity index (χ1v) is 12.7. The molecule has 12 heteroatoms. The minimum atomic E-state index is -4.68. The molecule has 2 N–H and O–H groups in total. The molecule has 1 saturated carbocycles. The van der Waals surface area contributed by atoms with Crippen molar-refractivity contribution in [3.63, 3.8) is 0 Å². The van der Waals surface area contributed by atoms with Crippen LogP contribution in [0.5, 0.6) is 0 Å². The summed E-state index contributed by atoms with van der Waals surface area (Å²) in [5.41, 5.74) is 1.87. The predicted octanol–water partition coefficient (Wildman–Crippen LogP) is 4.67. The molecule has 4 heterocycles. The highest BCUT2D eigenvalue weighted by atomic mass is 19.4. The van der Waals surface area contributed by atoms with Crippen LogP contribution in [0.15, 0.2) is 47.4 Å². The van der Waals surface area contributed by atoms with Crippen LogP contribution in [0.25, 0.3) is 16.9 Å². The zero-order chi connectivity index (χ0) is 27.6. The summed E-state index contributed by atoms with van der Waals surface area (Å²) in [7, 11) is 0. The SMILES string of the molecule is CC(C)(CF)c1cccc(-n2c3nc(Nc4ccc5c(c4)CNCC54CC4)ncc3c(=O)n2CC(F)(F)F)n1. The first kappa shape index (κ1) is 25.5. The van der Waals surface area contributed by atoms with Crippen LogP contribution in [0.3, 0.4) is 0 Å². The lowest BCUT2D eigenvalue weighted by molar-refractivity contribution is -0.144. The quantitative estimate of drug-likeness (QED) is 0.345. The van der Waals surface area contributed by atoms with Crippen LogP contribution in [-0.4, -0.2) is 43.7 Å². The number of anilines is 2. The molecule has 0 amide bonds. The number of rotatable bonds is 6. The summed E-state index contributed by atoms with van der Waals surface area (Å²) in [5.74, 6) is 0.134. The second kappa shape index (κ2) is 8.87. The van der Waals surface area contributed by atoms with Crippen LogP contribution in [0.2, 0.25) is 0 Å². The number of nitrogens with zero attached hydrogens (tertiary/aromatic N) is 5. The van der Waals surface area contributed by atoms with Crippen LogP contribution in [-0.2, 0) is 23.9 Å². The lowest BCUT2D eigenvalue weighted by Gasteiger charge is -2.26. The highest BCUT2D eigenvalue weighted by molar-refractivity contribution is 5.77. The van der Waals surface area contributed by atoms with Gasteiger partial charge in [-0.05, 0) is 48.2 Å². The van der Waals surface area contributed by atoms with Crippen molar-refractivity contribution in [2.24, 2.45) is 0 Å². The van der Waals surface area contributed by atoms with Crippen molar-refractivity contribution in [1.82, 2.24) is 29.6 Å². The molecule has 0 atom stereocenters. The summed E-state index contributed by atoms with van der Waals surface area (Å²) in [6.45, 7) is 2.71. The Morgan fingerprint density at radius 3 is 2.64 bits per heavy atom. The van der Waals surface area contributed by atoms with E-state index in [1.165, 1.54) is 23.4 Å². The third kappa shape index (κ3) is 4.56. The van der Waals surface area contributed by atoms with Crippen LogP contribution < -0.4 is 16.2 Å². The monoisotopic (exact) mass is 541 g/mol. The minimum absolute atomic E-state index is 0.0182. The fourth-order valence-corrected chi connectivity index (χ4v) is 5.21. The maximum absolute atomic E-state index is 13.7. The first-order valence-electron chi connectivity index (χ1n) is 12.7. The summed E-state index contributed by atoms with van der Waals surface area (Å²) < 4.78 is 55.9. The van der Waals surface area contributed by atoms with E-state index in [4.69, 9.17) is 0 Å². The summed E-state index contributed by atoms with van der Waals surface area (Å²) in [4.78, 5) is 26.2. The molecule has 0 bridgehead atoms. The highest BCUT2D eigenvalue weighted by Gasteiger charge is 2.46. The Kier molecular flexibility index (Phi) is 5.79. The molecule has 204 valence electrons. The van der Waals surface area contributed by atoms with Crippen molar-refractivity contribution < 1.29 is 17.6 Å². The van der Waals surface area contributed by atoms with E-state index in [9.17, 15) is 22.4 Å². The number of nitrogens with one attached hydrogen (secondary N) is 2. The van der Waals surface area contributed by atoms with Crippen LogP contribution >= 0.6 is 0 Å². The van der Waals surface area contributed by atoms with Crippen molar-refractivity contribution >= 4 is 22.7 Å². The van der Waals surface area contributed by atoms with Crippen molar-refractivity contribution in [3.8, 4) is 5.82 Å². The normalized spacial score (nSPS) is 16.5. The molecule has 2 aliphatic rings. The van der Waals surface area contributed by atoms with Gasteiger partial charge in [0, 0.05) is 35.8 Å². The Hall–Kier alpha value is -3.80. The van der Waals surface area contributed by atoms with Crippen LogP contribution in [0, 0.1) is 0 Å². The largest absolute Gasteiger partial charge is 0.408 e. The number of fused-ring (bicyclic) bond motifs is 3. The highest BCUT2D eigenvalue weighted by Crippen LogP contribution is 2.50. The van der Waals surface area contributed by atoms with Gasteiger partial charge in [-0.25, -0.2) is 19.3 Å². The van der Waals surface area contributed by atoms with Crippen molar-refractivity contribution in [2.45, 2.75) is 56.8 Å². The van der Waals surface area contributed by atoms with Gasteiger partial charge in [-0.15, -0.1) is 0 Å². The zero-order valence-electron chi connectivity index (χ0n) is 21.4. The average molecular weight is 542 g/mol. The number of alkyl halides is 4. The van der Waals surface area contributed by atoms with E-state index in [2.05, 4.69) is 31.7 Å². The Bertz CT molecular complexity index is 1640. The van der Waals surface area contributed by atoms with Gasteiger partial charge in [0.1, 0.15) is 18.6 Å². The van der Waals surface area contributed by atoms with E-state index in [1.54, 1.807) is 26.0 Å². The van der Waals surface area contributed by atoms with Crippen molar-refractivity contribution in [2.75, 3.05) is 18.5 Å². The van der Waals surface area contributed by atoms with Gasteiger partial charge in [0.2, 0.25) is 5.95 Å². The van der Waals surface area contributed by atoms with E-state index in [0.717, 1.165) is 36.3 Å². The molecule has 8 nitrogen and oxygen atoms in total. The molecule has 1 aliphatic heterocycles. The predicted molar refractivity (Wildman–Crippen MR) is 138 cm³/mol. The lowest BCUT2D eigenvalue weighted by Crippen LogP contribution is -2.33. The van der Waals surface area contributed by atoms with E-state index in [-0.39, 0.29) is 28.2 Å². The molecule has 0 saturated heterocycles. The Morgan fingerprint density at radius 2 is 1.92 bits per heavy atom. The van der Waals surface area contributed by atoms with E-state index in [1.807, 2.05) is 12.1 Å². The molecule has 0 unspecified atom stereocenters. The standard InChI is InChI=1S/C27H27F4N7O/c1-25(2,13-28)20-4-3-5-21(35-20)38-22-18(23(39)37(38)15-27(29,30)31)12-33-24(36-22)34-17-6-7-19-16(10-17)11-32-14-26(19)8-9-26/h3-7,10,12,32H,8-9,11,13-15H2,1-2H3,(H,33,34,36). The molecule has 6 rings (SSSR count). The molecule has 1 spiro atoms. The maximum atomic E-state index is 13.7. The number of pyridine rings is 1. The topological polar surface area (TPSA) is 89.7 Å². The van der Waals surface area contributed by atoms with E-state index < -0.39 is 30.4 Å².